The summed E-state index contributed by atoms with van der Waals surface area (Å²) in [7, 11) is 0. The first-order valence-electron chi connectivity index (χ1n) is 11.0. The minimum Gasteiger partial charge on any atom is -0.308 e. The van der Waals surface area contributed by atoms with Gasteiger partial charge in [0.1, 0.15) is 0 Å². The van der Waals surface area contributed by atoms with Gasteiger partial charge in [-0.3, -0.25) is 4.90 Å². The van der Waals surface area contributed by atoms with Crippen LogP contribution in [0.15, 0.2) is 91.0 Å². The molecule has 1 N–H and O–H groups in total. The molecule has 0 radical (unpaired) electrons. The minimum absolute atomic E-state index is 0.397. The first-order valence-corrected chi connectivity index (χ1v) is 11.0. The van der Waals surface area contributed by atoms with E-state index in [2.05, 4.69) is 101 Å². The van der Waals surface area contributed by atoms with Crippen LogP contribution in [0.1, 0.15) is 35.4 Å². The third-order valence-electron chi connectivity index (χ3n) is 6.92. The lowest BCUT2D eigenvalue weighted by Crippen LogP contribution is -2.64. The molecule has 3 fully saturated rings. The number of fused-ring (bicyclic) bond motifs is 3. The van der Waals surface area contributed by atoms with Crippen LogP contribution in [0.2, 0.25) is 0 Å². The summed E-state index contributed by atoms with van der Waals surface area (Å²) in [6.07, 6.45) is 2.64. The molecule has 0 saturated carbocycles. The molecule has 3 saturated heterocycles. The van der Waals surface area contributed by atoms with E-state index in [1.54, 1.807) is 0 Å². The second-order valence-electron chi connectivity index (χ2n) is 8.56. The van der Waals surface area contributed by atoms with Crippen LogP contribution in [0.5, 0.6) is 0 Å². The highest BCUT2D eigenvalue weighted by molar-refractivity contribution is 5.36. The van der Waals surface area contributed by atoms with Crippen molar-refractivity contribution in [3.63, 3.8) is 0 Å². The zero-order valence-electron chi connectivity index (χ0n) is 17.0. The Bertz CT molecular complexity index is 846. The highest BCUT2D eigenvalue weighted by Gasteiger charge is 2.46. The normalized spacial score (nSPS) is 26.0. The molecule has 0 aliphatic carbocycles. The van der Waals surface area contributed by atoms with Crippen molar-refractivity contribution in [3.05, 3.63) is 108 Å². The first-order chi connectivity index (χ1) is 14.4. The third-order valence-corrected chi connectivity index (χ3v) is 6.92. The maximum absolute atomic E-state index is 4.00. The molecule has 2 bridgehead atoms. The van der Waals surface area contributed by atoms with Crippen molar-refractivity contribution in [2.45, 2.75) is 37.4 Å². The van der Waals surface area contributed by atoms with E-state index in [-0.39, 0.29) is 0 Å². The molecule has 1 unspecified atom stereocenters. The second-order valence-corrected chi connectivity index (χ2v) is 8.56. The summed E-state index contributed by atoms with van der Waals surface area (Å²) >= 11 is 0. The summed E-state index contributed by atoms with van der Waals surface area (Å²) in [6.45, 7) is 3.41. The zero-order chi connectivity index (χ0) is 19.5. The van der Waals surface area contributed by atoms with Gasteiger partial charge in [-0.25, -0.2) is 0 Å². The van der Waals surface area contributed by atoms with Crippen LogP contribution in [0, 0.1) is 5.92 Å². The molecule has 3 aromatic carbocycles. The third kappa shape index (κ3) is 3.88. The van der Waals surface area contributed by atoms with Gasteiger partial charge in [-0.1, -0.05) is 91.0 Å². The number of piperidine rings is 3. The van der Waals surface area contributed by atoms with E-state index in [0.29, 0.717) is 18.0 Å². The molecular weight excluding hydrogens is 352 g/mol. The molecule has 29 heavy (non-hydrogen) atoms. The van der Waals surface area contributed by atoms with Gasteiger partial charge in [0.2, 0.25) is 0 Å². The fourth-order valence-corrected chi connectivity index (χ4v) is 5.53. The van der Waals surface area contributed by atoms with Crippen molar-refractivity contribution < 1.29 is 0 Å². The topological polar surface area (TPSA) is 15.3 Å². The van der Waals surface area contributed by atoms with Gasteiger partial charge in [0, 0.05) is 24.5 Å². The Labute approximate surface area is 174 Å². The Morgan fingerprint density at radius 1 is 0.724 bits per heavy atom. The van der Waals surface area contributed by atoms with E-state index < -0.39 is 0 Å². The largest absolute Gasteiger partial charge is 0.308 e. The Morgan fingerprint density at radius 2 is 1.24 bits per heavy atom. The second kappa shape index (κ2) is 8.52. The molecule has 2 nitrogen and oxygen atoms in total. The standard InChI is InChI=1S/C27H30N2/c1-4-10-21(11-5-1)20-28-26-24-16-18-29(19-17-24)27(26)25(22-12-6-2-7-13-22)23-14-8-3-9-15-23/h1-15,24-28H,16-20H2/t26?,27-/m1/s1. The molecular formula is C27H30N2. The molecule has 2 atom stereocenters. The number of benzene rings is 3. The van der Waals surface area contributed by atoms with Crippen LogP contribution in [-0.4, -0.2) is 30.1 Å². The quantitative estimate of drug-likeness (QED) is 0.640. The van der Waals surface area contributed by atoms with Crippen LogP contribution < -0.4 is 5.32 Å². The highest BCUT2D eigenvalue weighted by atomic mass is 15.2. The van der Waals surface area contributed by atoms with Gasteiger partial charge in [-0.15, -0.1) is 0 Å². The summed E-state index contributed by atoms with van der Waals surface area (Å²) < 4.78 is 0. The zero-order valence-corrected chi connectivity index (χ0v) is 17.0. The van der Waals surface area contributed by atoms with Gasteiger partial charge in [-0.2, -0.15) is 0 Å². The van der Waals surface area contributed by atoms with Crippen LogP contribution in [0.3, 0.4) is 0 Å². The Kier molecular flexibility index (Phi) is 5.47. The Morgan fingerprint density at radius 3 is 1.79 bits per heavy atom. The summed E-state index contributed by atoms with van der Waals surface area (Å²) in [6, 6.07) is 34.1. The Hall–Kier alpha value is -2.42. The summed E-state index contributed by atoms with van der Waals surface area (Å²) in [5, 5.41) is 4.00. The van der Waals surface area contributed by atoms with E-state index in [1.165, 1.54) is 42.6 Å². The smallest absolute Gasteiger partial charge is 0.0361 e. The maximum atomic E-state index is 4.00. The molecule has 0 amide bonds. The number of rotatable bonds is 6. The number of hydrogen-bond acceptors (Lipinski definition) is 2. The van der Waals surface area contributed by atoms with Crippen molar-refractivity contribution in [2.75, 3.05) is 13.1 Å². The van der Waals surface area contributed by atoms with Crippen LogP contribution in [0.4, 0.5) is 0 Å². The van der Waals surface area contributed by atoms with E-state index in [9.17, 15) is 0 Å². The van der Waals surface area contributed by atoms with Crippen LogP contribution in [0.25, 0.3) is 0 Å². The van der Waals surface area contributed by atoms with Gasteiger partial charge < -0.3 is 5.32 Å². The monoisotopic (exact) mass is 382 g/mol. The molecule has 0 aromatic heterocycles. The Balaban J connectivity index is 1.50. The molecule has 3 aliphatic rings. The molecule has 148 valence electrons. The average Bonchev–Trinajstić information content (AvgIpc) is 2.81. The first kappa shape index (κ1) is 18.6. The van der Waals surface area contributed by atoms with E-state index in [1.807, 2.05) is 0 Å². The lowest BCUT2D eigenvalue weighted by atomic mass is 9.70. The summed E-state index contributed by atoms with van der Waals surface area (Å²) in [5.41, 5.74) is 4.24. The van der Waals surface area contributed by atoms with Gasteiger partial charge in [0.05, 0.1) is 0 Å². The van der Waals surface area contributed by atoms with E-state index in [0.717, 1.165) is 12.5 Å². The molecule has 3 aliphatic heterocycles. The number of hydrogen-bond donors (Lipinski definition) is 1. The van der Waals surface area contributed by atoms with E-state index >= 15 is 0 Å². The van der Waals surface area contributed by atoms with Gasteiger partial charge in [0.15, 0.2) is 0 Å². The molecule has 3 heterocycles. The molecule has 3 aromatic rings. The molecule has 6 rings (SSSR count). The van der Waals surface area contributed by atoms with Gasteiger partial charge >= 0.3 is 0 Å². The van der Waals surface area contributed by atoms with Gasteiger partial charge in [0.25, 0.3) is 0 Å². The SMILES string of the molecule is c1ccc(CNC2C3CCN(CC3)[C@@H]2C(c2ccccc2)c2ccccc2)cc1. The molecule has 2 heteroatoms. The molecule has 0 spiro atoms. The predicted octanol–water partition coefficient (Wildman–Crippen LogP) is 5.07. The predicted molar refractivity (Wildman–Crippen MR) is 120 cm³/mol. The lowest BCUT2D eigenvalue weighted by Gasteiger charge is -2.54. The van der Waals surface area contributed by atoms with Crippen molar-refractivity contribution in [1.82, 2.24) is 10.2 Å². The summed E-state index contributed by atoms with van der Waals surface area (Å²) in [5.74, 6) is 1.16. The van der Waals surface area contributed by atoms with Crippen molar-refractivity contribution in [2.24, 2.45) is 5.92 Å². The van der Waals surface area contributed by atoms with Crippen LogP contribution >= 0.6 is 0 Å². The number of nitrogens with zero attached hydrogens (tertiary/aromatic N) is 1. The fraction of sp³-hybridized carbons (Fsp3) is 0.333. The van der Waals surface area contributed by atoms with Crippen molar-refractivity contribution >= 4 is 0 Å². The lowest BCUT2D eigenvalue weighted by molar-refractivity contribution is 0.00468. The van der Waals surface area contributed by atoms with Crippen molar-refractivity contribution in [3.8, 4) is 0 Å². The number of nitrogens with one attached hydrogen (secondary N) is 1. The maximum Gasteiger partial charge on any atom is 0.0361 e. The summed E-state index contributed by atoms with van der Waals surface area (Å²) in [4.78, 5) is 2.76. The average molecular weight is 383 g/mol. The van der Waals surface area contributed by atoms with Gasteiger partial charge in [-0.05, 0) is 48.5 Å². The highest BCUT2D eigenvalue weighted by Crippen LogP contribution is 2.42. The fourth-order valence-electron chi connectivity index (χ4n) is 5.53. The minimum atomic E-state index is 0.397. The van der Waals surface area contributed by atoms with E-state index in [4.69, 9.17) is 0 Å². The van der Waals surface area contributed by atoms with Crippen molar-refractivity contribution in [1.29, 1.82) is 0 Å². The van der Waals surface area contributed by atoms with Crippen LogP contribution in [-0.2, 0) is 6.54 Å².